The third-order valence-electron chi connectivity index (χ3n) is 7.37. The van der Waals surface area contributed by atoms with Gasteiger partial charge in [0.1, 0.15) is 5.82 Å². The molecular formula is C29H41ClFN7O2. The van der Waals surface area contributed by atoms with E-state index in [4.69, 9.17) is 5.10 Å². The standard InChI is InChI=1S/C29H40FN7O2.ClH/c1-6-26-24-13-20(4)27(15-25(24)33-37(26)8-3)36(12-11-31-7-2)29(39)17-32-16-28(38)34(5)35-18-21-9-10-23(30)14-22(21)19-35;/h9-10,13-15,31-32H,6-8,11-12,16-19H2,1-5H3;1H. The van der Waals surface area contributed by atoms with E-state index in [2.05, 4.69) is 30.5 Å². The van der Waals surface area contributed by atoms with E-state index in [1.165, 1.54) is 17.8 Å². The molecule has 0 saturated carbocycles. The van der Waals surface area contributed by atoms with E-state index in [-0.39, 0.29) is 43.1 Å². The van der Waals surface area contributed by atoms with Gasteiger partial charge in [0, 0.05) is 56.5 Å². The van der Waals surface area contributed by atoms with Crippen LogP contribution >= 0.6 is 12.4 Å². The molecule has 218 valence electrons. The number of hydrazine groups is 1. The number of likely N-dealkylation sites (N-methyl/N-ethyl adjacent to an activating group) is 2. The summed E-state index contributed by atoms with van der Waals surface area (Å²) < 4.78 is 15.6. The minimum atomic E-state index is -0.276. The number of carbonyl (C=O) groups is 2. The summed E-state index contributed by atoms with van der Waals surface area (Å²) in [5.74, 6) is -0.548. The van der Waals surface area contributed by atoms with E-state index >= 15 is 0 Å². The highest BCUT2D eigenvalue weighted by atomic mass is 35.5. The molecule has 0 atom stereocenters. The smallest absolute Gasteiger partial charge is 0.250 e. The van der Waals surface area contributed by atoms with Crippen LogP contribution in [0, 0.1) is 12.7 Å². The van der Waals surface area contributed by atoms with Gasteiger partial charge in [-0.3, -0.25) is 24.6 Å². The van der Waals surface area contributed by atoms with Gasteiger partial charge in [0.2, 0.25) is 5.91 Å². The average Bonchev–Trinajstić information content (AvgIpc) is 3.50. The van der Waals surface area contributed by atoms with Crippen LogP contribution in [0.3, 0.4) is 0 Å². The second kappa shape index (κ2) is 14.0. The molecule has 3 aromatic rings. The second-order valence-electron chi connectivity index (χ2n) is 9.93. The highest BCUT2D eigenvalue weighted by Gasteiger charge is 2.26. The van der Waals surface area contributed by atoms with Gasteiger partial charge in [-0.05, 0) is 67.8 Å². The van der Waals surface area contributed by atoms with Crippen molar-refractivity contribution >= 4 is 40.8 Å². The minimum absolute atomic E-state index is 0. The van der Waals surface area contributed by atoms with E-state index in [0.29, 0.717) is 26.2 Å². The number of nitrogens with zero attached hydrogens (tertiary/aromatic N) is 5. The lowest BCUT2D eigenvalue weighted by Gasteiger charge is -2.28. The molecule has 1 aliphatic heterocycles. The first-order valence-electron chi connectivity index (χ1n) is 13.8. The van der Waals surface area contributed by atoms with E-state index in [9.17, 15) is 14.0 Å². The molecule has 1 aliphatic rings. The lowest BCUT2D eigenvalue weighted by molar-refractivity contribution is -0.145. The van der Waals surface area contributed by atoms with Crippen LogP contribution in [-0.4, -0.2) is 71.4 Å². The Kier molecular flexibility index (Phi) is 11.0. The number of amides is 2. The number of halogens is 2. The molecule has 4 rings (SSSR count). The third-order valence-corrected chi connectivity index (χ3v) is 7.37. The molecule has 0 spiro atoms. The summed E-state index contributed by atoms with van der Waals surface area (Å²) in [4.78, 5) is 28.1. The molecule has 0 aliphatic carbocycles. The molecule has 0 fully saturated rings. The quantitative estimate of drug-likeness (QED) is 0.323. The summed E-state index contributed by atoms with van der Waals surface area (Å²) in [6.07, 6.45) is 0.888. The van der Waals surface area contributed by atoms with Crippen LogP contribution in [0.4, 0.5) is 10.1 Å². The second-order valence-corrected chi connectivity index (χ2v) is 9.93. The van der Waals surface area contributed by atoms with Gasteiger partial charge >= 0.3 is 0 Å². The first-order chi connectivity index (χ1) is 18.8. The largest absolute Gasteiger partial charge is 0.315 e. The van der Waals surface area contributed by atoms with Crippen molar-refractivity contribution < 1.29 is 14.0 Å². The van der Waals surface area contributed by atoms with Crippen LogP contribution in [0.5, 0.6) is 0 Å². The number of hydrogen-bond acceptors (Lipinski definition) is 6. The van der Waals surface area contributed by atoms with Crippen molar-refractivity contribution in [3.63, 3.8) is 0 Å². The molecule has 0 saturated heterocycles. The maximum Gasteiger partial charge on any atom is 0.250 e. The number of nitrogens with one attached hydrogen (secondary N) is 2. The van der Waals surface area contributed by atoms with Crippen LogP contribution < -0.4 is 15.5 Å². The summed E-state index contributed by atoms with van der Waals surface area (Å²) >= 11 is 0. The van der Waals surface area contributed by atoms with Crippen molar-refractivity contribution in [2.75, 3.05) is 44.7 Å². The molecular weight excluding hydrogens is 533 g/mol. The highest BCUT2D eigenvalue weighted by Crippen LogP contribution is 2.29. The Hall–Kier alpha value is -3.05. The lowest BCUT2D eigenvalue weighted by atomic mass is 10.1. The van der Waals surface area contributed by atoms with Crippen LogP contribution in [0.2, 0.25) is 0 Å². The Morgan fingerprint density at radius 2 is 1.75 bits per heavy atom. The van der Waals surface area contributed by atoms with Gasteiger partial charge in [-0.25, -0.2) is 9.40 Å². The van der Waals surface area contributed by atoms with Gasteiger partial charge in [-0.15, -0.1) is 12.4 Å². The van der Waals surface area contributed by atoms with Crippen LogP contribution in [0.1, 0.15) is 43.2 Å². The summed E-state index contributed by atoms with van der Waals surface area (Å²) in [6, 6.07) is 8.85. The number of rotatable bonds is 12. The van der Waals surface area contributed by atoms with Gasteiger partial charge in [0.15, 0.2) is 0 Å². The SMILES string of the molecule is CCNCCN(C(=O)CNCC(=O)N(C)N1Cc2ccc(F)cc2C1)c1cc2nn(CC)c(CC)c2cc1C.Cl. The van der Waals surface area contributed by atoms with Crippen LogP contribution in [-0.2, 0) is 35.6 Å². The molecule has 9 nitrogen and oxygen atoms in total. The zero-order valence-electron chi connectivity index (χ0n) is 24.1. The summed E-state index contributed by atoms with van der Waals surface area (Å²) in [5, 5.41) is 15.7. The fourth-order valence-corrected chi connectivity index (χ4v) is 5.20. The van der Waals surface area contributed by atoms with Crippen molar-refractivity contribution in [3.8, 4) is 0 Å². The zero-order chi connectivity index (χ0) is 28.1. The van der Waals surface area contributed by atoms with Crippen LogP contribution in [0.15, 0.2) is 30.3 Å². The van der Waals surface area contributed by atoms with Gasteiger partial charge in [-0.1, -0.05) is 19.9 Å². The van der Waals surface area contributed by atoms with Gasteiger partial charge in [0.25, 0.3) is 5.91 Å². The lowest BCUT2D eigenvalue weighted by Crippen LogP contribution is -2.47. The van der Waals surface area contributed by atoms with Crippen molar-refractivity contribution in [2.24, 2.45) is 0 Å². The molecule has 2 amide bonds. The number of hydrogen-bond donors (Lipinski definition) is 2. The van der Waals surface area contributed by atoms with Crippen molar-refractivity contribution in [2.45, 2.75) is 53.8 Å². The van der Waals surface area contributed by atoms with Gasteiger partial charge in [-0.2, -0.15) is 5.10 Å². The van der Waals surface area contributed by atoms with E-state index in [0.717, 1.165) is 52.8 Å². The fraction of sp³-hybridized carbons (Fsp3) is 0.483. The molecule has 2 N–H and O–H groups in total. The number of carbonyl (C=O) groups excluding carboxylic acids is 2. The van der Waals surface area contributed by atoms with E-state index in [1.54, 1.807) is 23.0 Å². The highest BCUT2D eigenvalue weighted by molar-refractivity contribution is 5.98. The monoisotopic (exact) mass is 573 g/mol. The van der Waals surface area contributed by atoms with Gasteiger partial charge in [0.05, 0.1) is 18.6 Å². The Morgan fingerprint density at radius 1 is 1.02 bits per heavy atom. The zero-order valence-corrected chi connectivity index (χ0v) is 24.9. The molecule has 40 heavy (non-hydrogen) atoms. The molecule has 0 bridgehead atoms. The number of anilines is 1. The summed E-state index contributed by atoms with van der Waals surface area (Å²) in [6.45, 7) is 12.1. The molecule has 11 heteroatoms. The predicted octanol–water partition coefficient (Wildman–Crippen LogP) is 3.41. The average molecular weight is 574 g/mol. The Labute approximate surface area is 242 Å². The fourth-order valence-electron chi connectivity index (χ4n) is 5.20. The Balaban J connectivity index is 0.00000441. The van der Waals surface area contributed by atoms with Crippen molar-refractivity contribution in [1.82, 2.24) is 30.4 Å². The first-order valence-corrected chi connectivity index (χ1v) is 13.8. The summed E-state index contributed by atoms with van der Waals surface area (Å²) in [5.41, 5.74) is 5.82. The Bertz CT molecular complexity index is 1350. The van der Waals surface area contributed by atoms with Crippen LogP contribution in [0.25, 0.3) is 10.9 Å². The number of aryl methyl sites for hydroxylation is 3. The molecule has 2 aromatic carbocycles. The van der Waals surface area contributed by atoms with E-state index in [1.807, 2.05) is 29.6 Å². The Morgan fingerprint density at radius 3 is 2.45 bits per heavy atom. The molecule has 1 aromatic heterocycles. The predicted molar refractivity (Wildman–Crippen MR) is 159 cm³/mol. The van der Waals surface area contributed by atoms with E-state index < -0.39 is 0 Å². The maximum atomic E-state index is 13.6. The summed E-state index contributed by atoms with van der Waals surface area (Å²) in [7, 11) is 1.70. The first kappa shape index (κ1) is 31.5. The molecule has 0 unspecified atom stereocenters. The van der Waals surface area contributed by atoms with Crippen molar-refractivity contribution in [3.05, 3.63) is 58.5 Å². The molecule has 0 radical (unpaired) electrons. The number of aromatic nitrogens is 2. The third kappa shape index (κ3) is 6.80. The topological polar surface area (TPSA) is 85.7 Å². The number of fused-ring (bicyclic) bond motifs is 2. The number of benzene rings is 2. The molecule has 2 heterocycles. The van der Waals surface area contributed by atoms with Crippen molar-refractivity contribution in [1.29, 1.82) is 0 Å². The maximum absolute atomic E-state index is 13.6. The van der Waals surface area contributed by atoms with Gasteiger partial charge < -0.3 is 10.2 Å². The minimum Gasteiger partial charge on any atom is -0.315 e. The normalized spacial score (nSPS) is 12.8.